The Bertz CT molecular complexity index is 1270. The number of carboxylic acids is 1. The first kappa shape index (κ1) is 24.7. The number of nitrogens with one attached hydrogen (secondary N) is 1. The van der Waals surface area contributed by atoms with Crippen molar-refractivity contribution < 1.29 is 27.8 Å². The summed E-state index contributed by atoms with van der Waals surface area (Å²) in [7, 11) is 1.53. The highest BCUT2D eigenvalue weighted by atomic mass is 19.1. The molecule has 1 unspecified atom stereocenters. The second kappa shape index (κ2) is 10.5. The maximum Gasteiger partial charge on any atom is 0.325 e. The average Bonchev–Trinajstić information content (AvgIpc) is 3.27. The van der Waals surface area contributed by atoms with Gasteiger partial charge in [0.25, 0.3) is 0 Å². The van der Waals surface area contributed by atoms with Gasteiger partial charge in [-0.25, -0.2) is 13.2 Å². The van der Waals surface area contributed by atoms with E-state index in [-0.39, 0.29) is 25.1 Å². The van der Waals surface area contributed by atoms with E-state index in [2.05, 4.69) is 10.3 Å². The largest absolute Gasteiger partial charge is 0.497 e. The van der Waals surface area contributed by atoms with Crippen LogP contribution in [-0.2, 0) is 11.2 Å². The second-order valence-corrected chi connectivity index (χ2v) is 8.59. The van der Waals surface area contributed by atoms with Gasteiger partial charge in [-0.1, -0.05) is 12.2 Å². The molecule has 0 spiro atoms. The molecule has 2 N–H and O–H groups in total. The van der Waals surface area contributed by atoms with Crippen molar-refractivity contribution in [2.24, 2.45) is 0 Å². The number of benzene rings is 2. The molecule has 0 bridgehead atoms. The number of carboxylic acid groups (broad SMARTS) is 1. The van der Waals surface area contributed by atoms with Crippen LogP contribution in [0.5, 0.6) is 5.75 Å². The van der Waals surface area contributed by atoms with Crippen LogP contribution in [0.3, 0.4) is 0 Å². The summed E-state index contributed by atoms with van der Waals surface area (Å²) >= 11 is 0. The zero-order valence-electron chi connectivity index (χ0n) is 19.2. The van der Waals surface area contributed by atoms with Crippen LogP contribution in [0.25, 0.3) is 17.0 Å². The Balaban J connectivity index is 1.41. The van der Waals surface area contributed by atoms with Crippen molar-refractivity contribution in [1.29, 1.82) is 0 Å². The number of likely N-dealkylation sites (tertiary alicyclic amines) is 1. The number of aliphatic carboxylic acids is 1. The van der Waals surface area contributed by atoms with Gasteiger partial charge in [-0.3, -0.25) is 14.7 Å². The molecule has 1 fully saturated rings. The van der Waals surface area contributed by atoms with Crippen LogP contribution in [0, 0.1) is 17.5 Å². The number of hydrogen-bond donors (Lipinski definition) is 2. The molecule has 4 rings (SSSR count). The molecule has 1 atom stereocenters. The Morgan fingerprint density at radius 3 is 2.83 bits per heavy atom. The fraction of sp³-hybridized carbons (Fsp3) is 0.308. The highest BCUT2D eigenvalue weighted by Crippen LogP contribution is 2.26. The van der Waals surface area contributed by atoms with Gasteiger partial charge in [-0.05, 0) is 49.2 Å². The van der Waals surface area contributed by atoms with Crippen LogP contribution < -0.4 is 10.1 Å². The van der Waals surface area contributed by atoms with Gasteiger partial charge in [0.1, 0.15) is 28.7 Å². The van der Waals surface area contributed by atoms with Crippen LogP contribution in [0.15, 0.2) is 48.7 Å². The highest BCUT2D eigenvalue weighted by Gasteiger charge is 2.44. The molecule has 2 aromatic carbocycles. The Hall–Kier alpha value is -3.43. The van der Waals surface area contributed by atoms with Gasteiger partial charge in [-0.15, -0.1) is 0 Å². The molecule has 1 aromatic heterocycles. The molecule has 9 heteroatoms. The van der Waals surface area contributed by atoms with Crippen molar-refractivity contribution in [2.75, 3.05) is 33.3 Å². The summed E-state index contributed by atoms with van der Waals surface area (Å²) in [5, 5.41) is 13.7. The topological polar surface area (TPSA) is 74.7 Å². The molecule has 6 nitrogen and oxygen atoms in total. The Morgan fingerprint density at radius 2 is 2.06 bits per heavy atom. The number of nitrogens with zero attached hydrogens (tertiary/aromatic N) is 2. The number of rotatable bonds is 9. The van der Waals surface area contributed by atoms with E-state index in [9.17, 15) is 23.1 Å². The number of ether oxygens (including phenoxy) is 1. The normalized spacial score (nSPS) is 18.5. The summed E-state index contributed by atoms with van der Waals surface area (Å²) in [6, 6.07) is 8.45. The molecular weight excluding hydrogens is 459 g/mol. The van der Waals surface area contributed by atoms with Gasteiger partial charge in [0.2, 0.25) is 0 Å². The average molecular weight is 486 g/mol. The quantitative estimate of drug-likeness (QED) is 0.477. The predicted molar refractivity (Wildman–Crippen MR) is 127 cm³/mol. The number of pyridine rings is 1. The molecule has 0 aliphatic carbocycles. The number of fused-ring (bicyclic) bond motifs is 1. The fourth-order valence-corrected chi connectivity index (χ4v) is 4.42. The van der Waals surface area contributed by atoms with E-state index in [4.69, 9.17) is 4.74 Å². The third-order valence-corrected chi connectivity index (χ3v) is 6.35. The minimum absolute atomic E-state index is 0.134. The van der Waals surface area contributed by atoms with Gasteiger partial charge in [0.05, 0.1) is 18.8 Å². The Labute approximate surface area is 201 Å². The van der Waals surface area contributed by atoms with Crippen LogP contribution >= 0.6 is 0 Å². The van der Waals surface area contributed by atoms with E-state index in [1.165, 1.54) is 19.4 Å². The molecule has 184 valence electrons. The minimum Gasteiger partial charge on any atom is -0.497 e. The van der Waals surface area contributed by atoms with Crippen LogP contribution in [0.2, 0.25) is 0 Å². The molecule has 0 amide bonds. The highest BCUT2D eigenvalue weighted by molar-refractivity contribution is 5.84. The first-order chi connectivity index (χ1) is 16.8. The van der Waals surface area contributed by atoms with E-state index in [0.717, 1.165) is 18.2 Å². The third kappa shape index (κ3) is 5.47. The summed E-state index contributed by atoms with van der Waals surface area (Å²) < 4.78 is 47.0. The monoisotopic (exact) mass is 485 g/mol. The van der Waals surface area contributed by atoms with E-state index in [1.807, 2.05) is 4.90 Å². The number of hydrogen-bond acceptors (Lipinski definition) is 5. The Morgan fingerprint density at radius 1 is 1.23 bits per heavy atom. The van der Waals surface area contributed by atoms with Crippen molar-refractivity contribution in [3.05, 3.63) is 77.2 Å². The Kier molecular flexibility index (Phi) is 7.37. The lowest BCUT2D eigenvalue weighted by molar-refractivity contribution is -0.144. The zero-order chi connectivity index (χ0) is 25.0. The summed E-state index contributed by atoms with van der Waals surface area (Å²) in [5.74, 6) is -1.92. The van der Waals surface area contributed by atoms with Crippen molar-refractivity contribution in [3.8, 4) is 5.75 Å². The molecule has 35 heavy (non-hydrogen) atoms. The third-order valence-electron chi connectivity index (χ3n) is 6.35. The van der Waals surface area contributed by atoms with Crippen LogP contribution in [-0.4, -0.2) is 59.8 Å². The summed E-state index contributed by atoms with van der Waals surface area (Å²) in [6.07, 6.45) is 4.96. The lowest BCUT2D eigenvalue weighted by Gasteiger charge is -2.26. The minimum atomic E-state index is -1.19. The molecule has 1 aliphatic rings. The first-order valence-corrected chi connectivity index (χ1v) is 11.2. The molecule has 0 saturated carbocycles. The summed E-state index contributed by atoms with van der Waals surface area (Å²) in [5.41, 5.74) is 0.0187. The van der Waals surface area contributed by atoms with Crippen LogP contribution in [0.1, 0.15) is 17.5 Å². The van der Waals surface area contributed by atoms with Crippen molar-refractivity contribution >= 4 is 22.9 Å². The van der Waals surface area contributed by atoms with Crippen LogP contribution in [0.4, 0.5) is 13.2 Å². The number of methoxy groups -OCH3 is 1. The SMILES string of the molecule is COc1ccc2ncc(F)c(CCNC3(C(=O)O)CCN(CC=Cc4cc(F)ccc4F)C3)c2c1. The molecular formula is C26H26F3N3O3. The lowest BCUT2D eigenvalue weighted by Crippen LogP contribution is -2.54. The van der Waals surface area contributed by atoms with E-state index >= 15 is 0 Å². The second-order valence-electron chi connectivity index (χ2n) is 8.59. The van der Waals surface area contributed by atoms with Gasteiger partial charge in [-0.2, -0.15) is 0 Å². The number of aromatic nitrogens is 1. The number of halogens is 3. The first-order valence-electron chi connectivity index (χ1n) is 11.2. The number of carbonyl (C=O) groups is 1. The van der Waals surface area contributed by atoms with E-state index in [0.29, 0.717) is 41.7 Å². The molecule has 1 saturated heterocycles. The summed E-state index contributed by atoms with van der Waals surface area (Å²) in [4.78, 5) is 18.2. The molecule has 2 heterocycles. The zero-order valence-corrected chi connectivity index (χ0v) is 19.2. The van der Waals surface area contributed by atoms with Gasteiger partial charge < -0.3 is 15.2 Å². The van der Waals surface area contributed by atoms with E-state index < -0.39 is 29.0 Å². The maximum atomic E-state index is 14.6. The smallest absolute Gasteiger partial charge is 0.325 e. The van der Waals surface area contributed by atoms with Gasteiger partial charge in [0, 0.05) is 42.7 Å². The van der Waals surface area contributed by atoms with E-state index in [1.54, 1.807) is 24.3 Å². The van der Waals surface area contributed by atoms with Gasteiger partial charge in [0.15, 0.2) is 0 Å². The summed E-state index contributed by atoms with van der Waals surface area (Å²) in [6.45, 7) is 1.37. The molecule has 0 radical (unpaired) electrons. The van der Waals surface area contributed by atoms with Crippen molar-refractivity contribution in [3.63, 3.8) is 0 Å². The van der Waals surface area contributed by atoms with Gasteiger partial charge >= 0.3 is 5.97 Å². The standard InChI is InChI=1S/C26H26F3N3O3/c1-35-19-5-7-24-21(14-19)20(23(29)15-30-24)8-10-31-26(25(33)34)9-12-32(16-26)11-2-3-17-13-18(27)4-6-22(17)28/h2-7,13-15,31H,8-12,16H2,1H3,(H,33,34). The fourth-order valence-electron chi connectivity index (χ4n) is 4.42. The lowest BCUT2D eigenvalue weighted by atomic mass is 9.98. The molecule has 3 aromatic rings. The predicted octanol–water partition coefficient (Wildman–Crippen LogP) is 4.04. The maximum absolute atomic E-state index is 14.6. The van der Waals surface area contributed by atoms with Crippen molar-refractivity contribution in [2.45, 2.75) is 18.4 Å². The van der Waals surface area contributed by atoms with Crippen molar-refractivity contribution in [1.82, 2.24) is 15.2 Å². The molecule has 1 aliphatic heterocycles.